The summed E-state index contributed by atoms with van der Waals surface area (Å²) in [6.07, 6.45) is 1.38. The van der Waals surface area contributed by atoms with E-state index in [2.05, 4.69) is 5.32 Å². The second kappa shape index (κ2) is 8.72. The van der Waals surface area contributed by atoms with E-state index in [9.17, 15) is 14.9 Å². The van der Waals surface area contributed by atoms with Crippen molar-refractivity contribution in [1.29, 1.82) is 5.26 Å². The number of nitrogens with one attached hydrogen (secondary N) is 1. The van der Waals surface area contributed by atoms with Gasteiger partial charge in [-0.1, -0.05) is 24.3 Å². The third-order valence-electron chi connectivity index (χ3n) is 4.23. The fourth-order valence-corrected chi connectivity index (χ4v) is 2.72. The second-order valence-electron chi connectivity index (χ2n) is 6.21. The minimum atomic E-state index is -0.527. The number of carbonyl (C=O) groups is 2. The Morgan fingerprint density at radius 2 is 1.86 bits per heavy atom. The quantitative estimate of drug-likeness (QED) is 0.393. The largest absolute Gasteiger partial charge is 0.465 e. The van der Waals surface area contributed by atoms with Gasteiger partial charge in [-0.3, -0.25) is 4.79 Å². The van der Waals surface area contributed by atoms with Crippen LogP contribution in [0.2, 0.25) is 0 Å². The van der Waals surface area contributed by atoms with Crippen molar-refractivity contribution in [2.24, 2.45) is 0 Å². The highest BCUT2D eigenvalue weighted by Crippen LogP contribution is 2.28. The maximum atomic E-state index is 12.3. The van der Waals surface area contributed by atoms with Gasteiger partial charge in [0.15, 0.2) is 0 Å². The normalized spacial score (nSPS) is 10.9. The number of carbonyl (C=O) groups excluding carboxylic acids is 2. The summed E-state index contributed by atoms with van der Waals surface area (Å²) in [6.45, 7) is 1.89. The average molecular weight is 386 g/mol. The number of nitriles is 1. The van der Waals surface area contributed by atoms with Gasteiger partial charge in [0.2, 0.25) is 0 Å². The molecule has 144 valence electrons. The van der Waals surface area contributed by atoms with Gasteiger partial charge in [-0.15, -0.1) is 0 Å². The molecule has 0 bridgehead atoms. The third kappa shape index (κ3) is 4.60. The summed E-state index contributed by atoms with van der Waals surface area (Å²) in [5.74, 6) is -0.106. The molecule has 1 amide bonds. The van der Waals surface area contributed by atoms with Gasteiger partial charge in [0, 0.05) is 17.3 Å². The van der Waals surface area contributed by atoms with E-state index >= 15 is 0 Å². The van der Waals surface area contributed by atoms with Crippen molar-refractivity contribution in [1.82, 2.24) is 0 Å². The van der Waals surface area contributed by atoms with Crippen LogP contribution in [-0.2, 0) is 9.53 Å². The summed E-state index contributed by atoms with van der Waals surface area (Å²) in [7, 11) is 1.32. The number of hydrogen-bond donors (Lipinski definition) is 1. The van der Waals surface area contributed by atoms with Crippen LogP contribution in [0.15, 0.2) is 70.7 Å². The molecule has 6 nitrogen and oxygen atoms in total. The molecule has 0 saturated heterocycles. The highest BCUT2D eigenvalue weighted by atomic mass is 16.5. The summed E-state index contributed by atoms with van der Waals surface area (Å²) in [4.78, 5) is 24.1. The number of nitrogens with zero attached hydrogens (tertiary/aromatic N) is 1. The number of hydrogen-bond acceptors (Lipinski definition) is 5. The van der Waals surface area contributed by atoms with Crippen LogP contribution in [0.3, 0.4) is 0 Å². The predicted molar refractivity (Wildman–Crippen MR) is 109 cm³/mol. The Bertz CT molecular complexity index is 1120. The van der Waals surface area contributed by atoms with Crippen LogP contribution in [0.5, 0.6) is 0 Å². The maximum absolute atomic E-state index is 12.3. The van der Waals surface area contributed by atoms with Gasteiger partial charge in [-0.25, -0.2) is 4.79 Å². The van der Waals surface area contributed by atoms with Gasteiger partial charge in [-0.05, 0) is 48.9 Å². The molecule has 0 atom stereocenters. The molecule has 0 aliphatic carbocycles. The first-order valence-electron chi connectivity index (χ1n) is 8.79. The maximum Gasteiger partial charge on any atom is 0.337 e. The number of anilines is 1. The summed E-state index contributed by atoms with van der Waals surface area (Å²) in [5.41, 5.74) is 2.54. The number of methoxy groups -OCH3 is 1. The van der Waals surface area contributed by atoms with Crippen LogP contribution in [0.1, 0.15) is 21.7 Å². The predicted octanol–water partition coefficient (Wildman–Crippen LogP) is 4.59. The first-order valence-corrected chi connectivity index (χ1v) is 8.79. The van der Waals surface area contributed by atoms with Crippen molar-refractivity contribution >= 4 is 23.6 Å². The average Bonchev–Trinajstić information content (AvgIpc) is 3.20. The molecule has 0 aliphatic heterocycles. The molecule has 1 N–H and O–H groups in total. The number of aryl methyl sites for hydroxylation is 1. The van der Waals surface area contributed by atoms with Crippen LogP contribution in [0, 0.1) is 18.3 Å². The molecule has 0 aliphatic rings. The molecule has 0 unspecified atom stereocenters. The molecule has 0 saturated carbocycles. The van der Waals surface area contributed by atoms with Crippen LogP contribution in [0.25, 0.3) is 17.4 Å². The lowest BCUT2D eigenvalue weighted by Gasteiger charge is -2.06. The van der Waals surface area contributed by atoms with E-state index in [1.54, 1.807) is 54.6 Å². The molecule has 2 aromatic carbocycles. The van der Waals surface area contributed by atoms with Crippen molar-refractivity contribution in [2.75, 3.05) is 12.4 Å². The second-order valence-corrected chi connectivity index (χ2v) is 6.21. The minimum absolute atomic E-state index is 0.0882. The molecular weight excluding hydrogens is 368 g/mol. The van der Waals surface area contributed by atoms with Crippen molar-refractivity contribution in [3.05, 3.63) is 83.1 Å². The Labute approximate surface area is 168 Å². The zero-order valence-electron chi connectivity index (χ0n) is 15.9. The smallest absolute Gasteiger partial charge is 0.337 e. The van der Waals surface area contributed by atoms with E-state index in [1.165, 1.54) is 13.2 Å². The molecule has 3 aromatic rings. The van der Waals surface area contributed by atoms with Crippen LogP contribution in [-0.4, -0.2) is 19.0 Å². The minimum Gasteiger partial charge on any atom is -0.465 e. The molecule has 3 rings (SSSR count). The number of rotatable bonds is 5. The zero-order chi connectivity index (χ0) is 20.8. The lowest BCUT2D eigenvalue weighted by molar-refractivity contribution is -0.112. The Morgan fingerprint density at radius 1 is 1.10 bits per heavy atom. The number of ether oxygens (including phenoxy) is 1. The van der Waals surface area contributed by atoms with Gasteiger partial charge in [0.1, 0.15) is 23.2 Å². The summed E-state index contributed by atoms with van der Waals surface area (Å²) in [5, 5.41) is 12.0. The fraction of sp³-hybridized carbons (Fsp3) is 0.0870. The molecule has 0 fully saturated rings. The van der Waals surface area contributed by atoms with E-state index in [0.717, 1.165) is 11.1 Å². The fourth-order valence-electron chi connectivity index (χ4n) is 2.72. The molecule has 1 heterocycles. The summed E-state index contributed by atoms with van der Waals surface area (Å²) < 4.78 is 10.5. The first kappa shape index (κ1) is 19.6. The molecular formula is C23H18N2O4. The van der Waals surface area contributed by atoms with E-state index in [-0.39, 0.29) is 5.57 Å². The van der Waals surface area contributed by atoms with Gasteiger partial charge < -0.3 is 14.5 Å². The highest BCUT2D eigenvalue weighted by molar-refractivity contribution is 6.09. The Balaban J connectivity index is 1.86. The van der Waals surface area contributed by atoms with Gasteiger partial charge in [0.25, 0.3) is 5.91 Å². The van der Waals surface area contributed by atoms with Gasteiger partial charge in [0.05, 0.1) is 12.7 Å². The van der Waals surface area contributed by atoms with Crippen molar-refractivity contribution < 1.29 is 18.7 Å². The third-order valence-corrected chi connectivity index (χ3v) is 4.23. The Kier molecular flexibility index (Phi) is 5.91. The lowest BCUT2D eigenvalue weighted by Crippen LogP contribution is -2.13. The standard InChI is InChI=1S/C23H18N2O4/c1-15-8-9-16(23(27)28-2)13-20(15)21-11-10-19(29-21)12-17(14-24)22(26)25-18-6-4-3-5-7-18/h3-13H,1-2H3,(H,25,26)/b17-12-. The SMILES string of the molecule is COC(=O)c1ccc(C)c(-c2ccc(/C=C(/C#N)C(=O)Nc3ccccc3)o2)c1. The molecule has 0 spiro atoms. The van der Waals surface area contributed by atoms with Gasteiger partial charge in [-0.2, -0.15) is 5.26 Å². The number of para-hydroxylation sites is 1. The van der Waals surface area contributed by atoms with Gasteiger partial charge >= 0.3 is 5.97 Å². The summed E-state index contributed by atoms with van der Waals surface area (Å²) in [6, 6.07) is 19.3. The summed E-state index contributed by atoms with van der Waals surface area (Å²) >= 11 is 0. The molecule has 1 aromatic heterocycles. The number of furan rings is 1. The molecule has 0 radical (unpaired) electrons. The van der Waals surface area contributed by atoms with Crippen LogP contribution < -0.4 is 5.32 Å². The van der Waals surface area contributed by atoms with E-state index in [0.29, 0.717) is 22.8 Å². The van der Waals surface area contributed by atoms with Crippen LogP contribution in [0.4, 0.5) is 5.69 Å². The molecule has 29 heavy (non-hydrogen) atoms. The Hall–Kier alpha value is -4.11. The van der Waals surface area contributed by atoms with Crippen LogP contribution >= 0.6 is 0 Å². The van der Waals surface area contributed by atoms with Crippen molar-refractivity contribution in [3.63, 3.8) is 0 Å². The zero-order valence-corrected chi connectivity index (χ0v) is 15.9. The van der Waals surface area contributed by atoms with E-state index < -0.39 is 11.9 Å². The van der Waals surface area contributed by atoms with Crippen molar-refractivity contribution in [3.8, 4) is 17.4 Å². The highest BCUT2D eigenvalue weighted by Gasteiger charge is 2.14. The monoisotopic (exact) mass is 386 g/mol. The topological polar surface area (TPSA) is 92.3 Å². The molecule has 6 heteroatoms. The van der Waals surface area contributed by atoms with E-state index in [1.807, 2.05) is 19.1 Å². The Morgan fingerprint density at radius 3 is 2.55 bits per heavy atom. The lowest BCUT2D eigenvalue weighted by atomic mass is 10.0. The van der Waals surface area contributed by atoms with E-state index in [4.69, 9.17) is 9.15 Å². The number of esters is 1. The first-order chi connectivity index (χ1) is 14.0. The number of amides is 1. The number of benzene rings is 2. The van der Waals surface area contributed by atoms with Crippen molar-refractivity contribution in [2.45, 2.75) is 6.92 Å².